The van der Waals surface area contributed by atoms with Crippen LogP contribution in [0.2, 0.25) is 0 Å². The molecule has 3 aromatic rings. The highest BCUT2D eigenvalue weighted by Gasteiger charge is 2.10. The van der Waals surface area contributed by atoms with Crippen LogP contribution in [0.25, 0.3) is 16.7 Å². The molecule has 2 aromatic carbocycles. The summed E-state index contributed by atoms with van der Waals surface area (Å²) < 4.78 is 2.09. The molecule has 0 saturated heterocycles. The van der Waals surface area contributed by atoms with Gasteiger partial charge in [0.25, 0.3) is 0 Å². The van der Waals surface area contributed by atoms with Gasteiger partial charge in [-0.2, -0.15) is 0 Å². The van der Waals surface area contributed by atoms with Crippen LogP contribution in [0.15, 0.2) is 71.2 Å². The van der Waals surface area contributed by atoms with E-state index < -0.39 is 0 Å². The lowest BCUT2D eigenvalue weighted by atomic mass is 10.1. The lowest BCUT2D eigenvalue weighted by molar-refractivity contribution is 0.159. The number of rotatable bonds is 5. The number of allylic oxidation sites excluding steroid dienone is 1. The Labute approximate surface area is 158 Å². The van der Waals surface area contributed by atoms with E-state index in [4.69, 9.17) is 4.84 Å². The molecular formula is C21H21N5O. The van der Waals surface area contributed by atoms with Crippen molar-refractivity contribution in [2.45, 2.75) is 13.8 Å². The van der Waals surface area contributed by atoms with Crippen LogP contribution < -0.4 is 4.90 Å². The van der Waals surface area contributed by atoms with E-state index in [-0.39, 0.29) is 0 Å². The van der Waals surface area contributed by atoms with Crippen LogP contribution >= 0.6 is 0 Å². The van der Waals surface area contributed by atoms with Gasteiger partial charge in [0.05, 0.1) is 16.7 Å². The van der Waals surface area contributed by atoms with Gasteiger partial charge in [0.1, 0.15) is 19.6 Å². The lowest BCUT2D eigenvalue weighted by Gasteiger charge is -2.20. The van der Waals surface area contributed by atoms with Crippen molar-refractivity contribution in [1.82, 2.24) is 9.55 Å². The quantitative estimate of drug-likeness (QED) is 0.508. The molecule has 136 valence electrons. The van der Waals surface area contributed by atoms with Crippen molar-refractivity contribution in [2.24, 2.45) is 10.1 Å². The molecule has 1 aliphatic heterocycles. The van der Waals surface area contributed by atoms with Gasteiger partial charge < -0.3 is 9.74 Å². The predicted octanol–water partition coefficient (Wildman–Crippen LogP) is 4.15. The number of nitrogens with zero attached hydrogens (tertiary/aromatic N) is 5. The molecule has 0 amide bonds. The molecule has 6 heteroatoms. The summed E-state index contributed by atoms with van der Waals surface area (Å²) in [4.78, 5) is 16.1. The van der Waals surface area contributed by atoms with Crippen LogP contribution in [0.1, 0.15) is 19.4 Å². The van der Waals surface area contributed by atoms with E-state index in [9.17, 15) is 0 Å². The van der Waals surface area contributed by atoms with Gasteiger partial charge in [-0.15, -0.1) is 0 Å². The first-order chi connectivity index (χ1) is 13.3. The van der Waals surface area contributed by atoms with E-state index in [2.05, 4.69) is 54.9 Å². The second-order valence-electron chi connectivity index (χ2n) is 6.22. The number of imidazole rings is 1. The fourth-order valence-electron chi connectivity index (χ4n) is 3.03. The molecule has 2 heterocycles. The Morgan fingerprint density at radius 2 is 2.07 bits per heavy atom. The lowest BCUT2D eigenvalue weighted by Crippen LogP contribution is -2.18. The van der Waals surface area contributed by atoms with Crippen molar-refractivity contribution in [2.75, 3.05) is 18.2 Å². The average Bonchev–Trinajstić information content (AvgIpc) is 3.16. The number of benzene rings is 2. The molecule has 4 rings (SSSR count). The fourth-order valence-corrected chi connectivity index (χ4v) is 3.03. The van der Waals surface area contributed by atoms with Crippen molar-refractivity contribution in [1.29, 1.82) is 0 Å². The number of hydrogen-bond donors (Lipinski definition) is 0. The van der Waals surface area contributed by atoms with Crippen LogP contribution in [-0.2, 0) is 4.84 Å². The number of hydrogen-bond acceptors (Lipinski definition) is 5. The van der Waals surface area contributed by atoms with Crippen molar-refractivity contribution in [3.63, 3.8) is 0 Å². The standard InChI is InChI=1S/C21H21N5O/c1-3-27-24-16(2)17-8-9-21-20(12-17)23-15-26(21)19-7-4-6-18(13-19)25-11-5-10-22-14-25/h4-13,15H,3,14H2,1-2H3. The molecule has 0 N–H and O–H groups in total. The molecule has 0 aliphatic carbocycles. The first kappa shape index (κ1) is 17.0. The summed E-state index contributed by atoms with van der Waals surface area (Å²) in [5.41, 5.74) is 5.97. The maximum atomic E-state index is 5.15. The van der Waals surface area contributed by atoms with Crippen LogP contribution in [0, 0.1) is 0 Å². The first-order valence-corrected chi connectivity index (χ1v) is 8.94. The molecule has 0 radical (unpaired) electrons. The number of anilines is 1. The Hall–Kier alpha value is -3.41. The molecule has 0 unspecified atom stereocenters. The molecule has 1 aliphatic rings. The van der Waals surface area contributed by atoms with Crippen LogP contribution in [-0.4, -0.2) is 34.8 Å². The zero-order valence-electron chi connectivity index (χ0n) is 15.4. The summed E-state index contributed by atoms with van der Waals surface area (Å²) in [6.07, 6.45) is 7.65. The van der Waals surface area contributed by atoms with Crippen LogP contribution in [0.4, 0.5) is 5.69 Å². The van der Waals surface area contributed by atoms with Crippen molar-refractivity contribution < 1.29 is 4.84 Å². The molecule has 6 nitrogen and oxygen atoms in total. The zero-order valence-corrected chi connectivity index (χ0v) is 15.4. The Bertz CT molecular complexity index is 1050. The SMILES string of the molecule is CCON=C(C)c1ccc2c(c1)ncn2-c1cccc(N2C=CC=NC2)c1. The van der Waals surface area contributed by atoms with Gasteiger partial charge in [0, 0.05) is 29.4 Å². The maximum absolute atomic E-state index is 5.15. The van der Waals surface area contributed by atoms with Gasteiger partial charge in [0.15, 0.2) is 0 Å². The van der Waals surface area contributed by atoms with Gasteiger partial charge in [0.2, 0.25) is 0 Å². The van der Waals surface area contributed by atoms with Crippen LogP contribution in [0.5, 0.6) is 0 Å². The predicted molar refractivity (Wildman–Crippen MR) is 110 cm³/mol. The van der Waals surface area contributed by atoms with Crippen molar-refractivity contribution in [3.8, 4) is 5.69 Å². The van der Waals surface area contributed by atoms with Crippen molar-refractivity contribution >= 4 is 28.6 Å². The largest absolute Gasteiger partial charge is 0.396 e. The summed E-state index contributed by atoms with van der Waals surface area (Å²) in [5, 5.41) is 4.11. The van der Waals surface area contributed by atoms with Gasteiger partial charge in [-0.1, -0.05) is 17.3 Å². The van der Waals surface area contributed by atoms with E-state index >= 15 is 0 Å². The maximum Gasteiger partial charge on any atom is 0.114 e. The molecular weight excluding hydrogens is 338 g/mol. The highest BCUT2D eigenvalue weighted by atomic mass is 16.6. The number of aliphatic imine (C=N–C) groups is 1. The average molecular weight is 359 g/mol. The molecule has 0 fully saturated rings. The minimum Gasteiger partial charge on any atom is -0.396 e. The number of oxime groups is 1. The Morgan fingerprint density at radius 1 is 1.19 bits per heavy atom. The molecule has 0 spiro atoms. The first-order valence-electron chi connectivity index (χ1n) is 8.94. The highest BCUT2D eigenvalue weighted by Crippen LogP contribution is 2.24. The van der Waals surface area contributed by atoms with Gasteiger partial charge in [-0.05, 0) is 50.3 Å². The second-order valence-corrected chi connectivity index (χ2v) is 6.22. The monoisotopic (exact) mass is 359 g/mol. The molecule has 0 atom stereocenters. The second kappa shape index (κ2) is 7.45. The molecule has 0 bridgehead atoms. The fraction of sp³-hybridized carbons (Fsp3) is 0.190. The molecule has 27 heavy (non-hydrogen) atoms. The summed E-state index contributed by atoms with van der Waals surface area (Å²) in [6, 6.07) is 14.5. The Morgan fingerprint density at radius 3 is 2.89 bits per heavy atom. The topological polar surface area (TPSA) is 55.0 Å². The van der Waals surface area contributed by atoms with E-state index in [0.717, 1.165) is 33.7 Å². The van der Waals surface area contributed by atoms with Crippen molar-refractivity contribution in [3.05, 3.63) is 66.6 Å². The Kier molecular flexibility index (Phi) is 4.70. The Balaban J connectivity index is 1.68. The summed E-state index contributed by atoms with van der Waals surface area (Å²) in [6.45, 7) is 5.04. The van der Waals surface area contributed by atoms with Gasteiger partial charge >= 0.3 is 0 Å². The smallest absolute Gasteiger partial charge is 0.114 e. The van der Waals surface area contributed by atoms with Gasteiger partial charge in [-0.3, -0.25) is 9.56 Å². The minimum atomic E-state index is 0.558. The summed E-state index contributed by atoms with van der Waals surface area (Å²) >= 11 is 0. The third-order valence-corrected chi connectivity index (χ3v) is 4.43. The number of fused-ring (bicyclic) bond motifs is 1. The highest BCUT2D eigenvalue weighted by molar-refractivity contribution is 6.01. The van der Waals surface area contributed by atoms with E-state index in [1.807, 2.05) is 50.8 Å². The molecule has 1 aromatic heterocycles. The number of aromatic nitrogens is 2. The third-order valence-electron chi connectivity index (χ3n) is 4.43. The van der Waals surface area contributed by atoms with E-state index in [0.29, 0.717) is 13.3 Å². The molecule has 0 saturated carbocycles. The summed E-state index contributed by atoms with van der Waals surface area (Å²) in [5.74, 6) is 0. The van der Waals surface area contributed by atoms with E-state index in [1.54, 1.807) is 0 Å². The van der Waals surface area contributed by atoms with E-state index in [1.165, 1.54) is 0 Å². The van der Waals surface area contributed by atoms with Gasteiger partial charge in [-0.25, -0.2) is 4.98 Å². The summed E-state index contributed by atoms with van der Waals surface area (Å²) in [7, 11) is 0. The normalized spacial score (nSPS) is 14.1. The zero-order chi connectivity index (χ0) is 18.6. The minimum absolute atomic E-state index is 0.558. The third kappa shape index (κ3) is 3.46. The van der Waals surface area contributed by atoms with Crippen LogP contribution in [0.3, 0.4) is 0 Å².